The number of rotatable bonds is 1. The largest absolute Gasteiger partial charge is 0.462 e. The molecule has 0 radical (unpaired) electrons. The maximum atomic E-state index is 12.2. The molecule has 1 aliphatic heterocycles. The lowest BCUT2D eigenvalue weighted by molar-refractivity contribution is -0.148. The molecule has 0 aromatic carbocycles. The summed E-state index contributed by atoms with van der Waals surface area (Å²) < 4.78 is 20.0. The minimum atomic E-state index is -0.524. The topological polar surface area (TPSA) is 65.5 Å². The summed E-state index contributed by atoms with van der Waals surface area (Å²) in [5, 5.41) is 2.82. The Kier molecular flexibility index (Phi) is 9.15. The summed E-state index contributed by atoms with van der Waals surface area (Å²) in [6, 6.07) is 0. The Labute approximate surface area is 186 Å². The lowest BCUT2D eigenvalue weighted by Gasteiger charge is -2.13. The molecule has 0 saturated heterocycles. The quantitative estimate of drug-likeness (QED) is 0.497. The first kappa shape index (κ1) is 22.0. The molecule has 3 atom stereocenters. The predicted molar refractivity (Wildman–Crippen MR) is 119 cm³/mol. The molecule has 0 saturated carbocycles. The number of ether oxygens (including phenoxy) is 2. The second-order valence-corrected chi connectivity index (χ2v) is 9.27. The zero-order valence-electron chi connectivity index (χ0n) is 18.0. The third-order valence-corrected chi connectivity index (χ3v) is 5.31. The van der Waals surface area contributed by atoms with E-state index in [4.69, 9.17) is 10.8 Å². The Morgan fingerprint density at radius 1 is 1.34 bits per heavy atom. The van der Waals surface area contributed by atoms with Crippen LogP contribution in [0, 0.1) is 0 Å². The van der Waals surface area contributed by atoms with E-state index < -0.39 is 18.5 Å². The van der Waals surface area contributed by atoms with Crippen molar-refractivity contribution in [3.05, 3.63) is 50.4 Å². The van der Waals surface area contributed by atoms with E-state index in [9.17, 15) is 9.59 Å². The third kappa shape index (κ3) is 9.54. The maximum absolute atomic E-state index is 12.2. The van der Waals surface area contributed by atoms with Crippen LogP contribution in [-0.4, -0.2) is 29.1 Å². The van der Waals surface area contributed by atoms with Gasteiger partial charge in [-0.15, -0.1) is 11.3 Å². The molecule has 29 heavy (non-hydrogen) atoms. The van der Waals surface area contributed by atoms with E-state index in [-0.39, 0.29) is 18.5 Å². The van der Waals surface area contributed by atoms with Crippen LogP contribution < -0.4 is 0 Å². The molecule has 2 bridgehead atoms. The first-order valence-corrected chi connectivity index (χ1v) is 11.3. The summed E-state index contributed by atoms with van der Waals surface area (Å²) in [6.45, 7) is 5.62. The number of nitrogens with zero attached hydrogens (tertiary/aromatic N) is 1. The van der Waals surface area contributed by atoms with Crippen LogP contribution in [0.3, 0.4) is 0 Å². The Morgan fingerprint density at radius 2 is 2.14 bits per heavy atom. The van der Waals surface area contributed by atoms with E-state index in [1.54, 1.807) is 12.2 Å². The Bertz CT molecular complexity index is 829. The fourth-order valence-corrected chi connectivity index (χ4v) is 4.07. The molecular weight excluding hydrogens is 454 g/mol. The van der Waals surface area contributed by atoms with E-state index in [0.29, 0.717) is 25.7 Å². The summed E-state index contributed by atoms with van der Waals surface area (Å²) in [7, 11) is 0. The van der Waals surface area contributed by atoms with Gasteiger partial charge in [0.2, 0.25) is 0 Å². The van der Waals surface area contributed by atoms with Gasteiger partial charge in [0.05, 0.1) is 10.7 Å². The maximum Gasteiger partial charge on any atom is 0.331 e. The Hall–Kier alpha value is -1.73. The third-order valence-electron chi connectivity index (χ3n) is 4.13. The first-order valence-electron chi connectivity index (χ1n) is 10.2. The zero-order valence-corrected chi connectivity index (χ0v) is 19.4. The fraction of sp³-hybridized carbons (Fsp3) is 0.500. The Balaban J connectivity index is 2.20. The van der Waals surface area contributed by atoms with Crippen molar-refractivity contribution in [1.29, 1.82) is 0 Å². The summed E-state index contributed by atoms with van der Waals surface area (Å²) in [6.07, 6.45) is 7.71. The van der Waals surface area contributed by atoms with Crippen molar-refractivity contribution in [2.45, 2.75) is 71.5 Å². The molecule has 0 N–H and O–H groups in total. The molecule has 7 heteroatoms. The monoisotopic (exact) mass is 483 g/mol. The number of aryl methyl sites for hydroxylation is 1. The van der Waals surface area contributed by atoms with Gasteiger partial charge in [0.15, 0.2) is 0 Å². The number of hydrogen-bond donors (Lipinski definition) is 0. The molecule has 0 fully saturated rings. The highest BCUT2D eigenvalue weighted by molar-refractivity contribution is 9.11. The molecule has 2 rings (SSSR count). The molecule has 0 amide bonds. The Morgan fingerprint density at radius 3 is 2.90 bits per heavy atom. The number of fused-ring (bicyclic) bond motifs is 2. The molecule has 0 aliphatic carbocycles. The molecule has 1 aromatic heterocycles. The van der Waals surface area contributed by atoms with Crippen LogP contribution >= 0.6 is 27.3 Å². The number of hydrogen-bond acceptors (Lipinski definition) is 6. The standard InChI is InChI=1S/C22H28BrNO4S/c1-15-7-6-10-22(26)28-19(12-16(2)23)13-20-24-18(14-29-20)8-4-5-9-21(25)27-17(3)11-15/h6-7,10,12,14,17,19H,4-5,8-9,11,13H2,1-3H3/b10-6-,15-7+,16-12+/t17-,19+/m0/s1/i5T/t5-,17+,19-/m1. The van der Waals surface area contributed by atoms with E-state index in [2.05, 4.69) is 20.9 Å². The van der Waals surface area contributed by atoms with E-state index in [1.165, 1.54) is 17.4 Å². The minimum absolute atomic E-state index is 0.0732. The van der Waals surface area contributed by atoms with Crippen molar-refractivity contribution in [1.82, 2.24) is 4.98 Å². The van der Waals surface area contributed by atoms with Gasteiger partial charge in [0.1, 0.15) is 12.2 Å². The molecule has 0 unspecified atom stereocenters. The molecule has 0 spiro atoms. The lowest BCUT2D eigenvalue weighted by atomic mass is 10.1. The number of allylic oxidation sites excluding steroid dienone is 3. The highest BCUT2D eigenvalue weighted by Gasteiger charge is 2.15. The number of aromatic nitrogens is 1. The average Bonchev–Trinajstić information content (AvgIpc) is 3.05. The summed E-state index contributed by atoms with van der Waals surface area (Å²) in [5.41, 5.74) is 1.86. The molecular formula is C22H28BrNO4S. The highest BCUT2D eigenvalue weighted by Crippen LogP contribution is 2.18. The number of cyclic esters (lactones) is 2. The van der Waals surface area contributed by atoms with E-state index in [1.807, 2.05) is 32.2 Å². The van der Waals surface area contributed by atoms with Crippen LogP contribution in [0.2, 0.25) is 0 Å². The van der Waals surface area contributed by atoms with Crippen molar-refractivity contribution in [3.63, 3.8) is 0 Å². The van der Waals surface area contributed by atoms with Gasteiger partial charge >= 0.3 is 11.9 Å². The van der Waals surface area contributed by atoms with Crippen molar-refractivity contribution in [2.75, 3.05) is 0 Å². The molecule has 1 aromatic rings. The predicted octanol–water partition coefficient (Wildman–Crippen LogP) is 5.45. The number of carbonyl (C=O) groups excluding carboxylic acids is 2. The van der Waals surface area contributed by atoms with E-state index in [0.717, 1.165) is 20.8 Å². The van der Waals surface area contributed by atoms with Crippen LogP contribution in [-0.2, 0) is 31.9 Å². The second kappa shape index (κ2) is 12.1. The van der Waals surface area contributed by atoms with Crippen LogP contribution in [0.1, 0.15) is 58.5 Å². The van der Waals surface area contributed by atoms with Crippen molar-refractivity contribution >= 4 is 39.2 Å². The van der Waals surface area contributed by atoms with Gasteiger partial charge in [-0.05, 0) is 50.6 Å². The van der Waals surface area contributed by atoms with Gasteiger partial charge in [0, 0.05) is 32.1 Å². The second-order valence-electron chi connectivity index (χ2n) is 7.07. The van der Waals surface area contributed by atoms with Crippen molar-refractivity contribution in [3.8, 4) is 0 Å². The summed E-state index contributed by atoms with van der Waals surface area (Å²) >= 11 is 4.91. The van der Waals surface area contributed by atoms with Crippen molar-refractivity contribution in [2.24, 2.45) is 0 Å². The van der Waals surface area contributed by atoms with Crippen LogP contribution in [0.25, 0.3) is 0 Å². The van der Waals surface area contributed by atoms with Gasteiger partial charge in [-0.3, -0.25) is 4.79 Å². The fourth-order valence-electron chi connectivity index (χ4n) is 2.91. The minimum Gasteiger partial charge on any atom is -0.462 e. The highest BCUT2D eigenvalue weighted by atomic mass is 79.9. The lowest BCUT2D eigenvalue weighted by Crippen LogP contribution is -2.17. The number of halogens is 1. The molecule has 5 nitrogen and oxygen atoms in total. The summed E-state index contributed by atoms with van der Waals surface area (Å²) in [4.78, 5) is 28.9. The zero-order chi connectivity index (χ0) is 22.1. The van der Waals surface area contributed by atoms with Crippen LogP contribution in [0.4, 0.5) is 0 Å². The number of esters is 2. The molecule has 1 aliphatic rings. The SMILES string of the molecule is [3H][C@@H]1CCc2csc(n2)C[C@@H](/C=C(\C)Br)OC(=O)/C=C\C=C(/C)C[C@H](C)OC(=O)C1. The van der Waals surface area contributed by atoms with Crippen LogP contribution in [0.5, 0.6) is 0 Å². The van der Waals surface area contributed by atoms with Crippen LogP contribution in [0.15, 0.2) is 39.7 Å². The number of thiazole rings is 1. The van der Waals surface area contributed by atoms with Gasteiger partial charge < -0.3 is 9.47 Å². The molecule has 2 heterocycles. The normalized spacial score (nSPS) is 29.2. The van der Waals surface area contributed by atoms with Gasteiger partial charge in [0.25, 0.3) is 0 Å². The first-order chi connectivity index (χ1) is 14.2. The van der Waals surface area contributed by atoms with Gasteiger partial charge in [-0.25, -0.2) is 9.78 Å². The van der Waals surface area contributed by atoms with E-state index >= 15 is 0 Å². The van der Waals surface area contributed by atoms with Crippen molar-refractivity contribution < 1.29 is 20.4 Å². The van der Waals surface area contributed by atoms with Gasteiger partial charge in [-0.1, -0.05) is 33.7 Å². The summed E-state index contributed by atoms with van der Waals surface area (Å²) in [5.74, 6) is -0.786. The average molecular weight is 484 g/mol. The number of carbonyl (C=O) groups is 2. The smallest absolute Gasteiger partial charge is 0.331 e. The van der Waals surface area contributed by atoms with Gasteiger partial charge in [-0.2, -0.15) is 0 Å². The molecule has 158 valence electrons.